The smallest absolute Gasteiger partial charge is 0.321 e. The number of carbonyl (C=O) groups excluding carboxylic acids is 1. The van der Waals surface area contributed by atoms with Crippen LogP contribution in [0, 0.1) is 0 Å². The van der Waals surface area contributed by atoms with Crippen LogP contribution in [-0.4, -0.2) is 42.7 Å². The van der Waals surface area contributed by atoms with Crippen molar-refractivity contribution in [2.24, 2.45) is 0 Å². The molecule has 156 valence electrons. The van der Waals surface area contributed by atoms with Crippen molar-refractivity contribution in [1.82, 2.24) is 15.2 Å². The highest BCUT2D eigenvalue weighted by molar-refractivity contribution is 6.31. The molecule has 0 radical (unpaired) electrons. The number of benzene rings is 2. The first-order valence-corrected chi connectivity index (χ1v) is 10.7. The number of amides is 2. The number of carbonyl (C=O) groups is 1. The molecule has 1 spiro atoms. The number of urea groups is 1. The number of nitrogens with one attached hydrogen (secondary N) is 3. The summed E-state index contributed by atoms with van der Waals surface area (Å²) in [6.45, 7) is 2.32. The molecule has 2 aromatic carbocycles. The van der Waals surface area contributed by atoms with Crippen molar-refractivity contribution < 1.29 is 9.53 Å². The van der Waals surface area contributed by atoms with Gasteiger partial charge in [0, 0.05) is 53.0 Å². The van der Waals surface area contributed by atoms with E-state index in [9.17, 15) is 4.79 Å². The Bertz CT molecular complexity index is 1100. The summed E-state index contributed by atoms with van der Waals surface area (Å²) < 4.78 is 5.24. The third-order valence-corrected chi connectivity index (χ3v) is 6.65. The van der Waals surface area contributed by atoms with Crippen molar-refractivity contribution in [2.75, 3.05) is 32.1 Å². The number of halogens is 1. The average Bonchev–Trinajstić information content (AvgIpc) is 3.14. The lowest BCUT2D eigenvalue weighted by molar-refractivity contribution is 0.142. The molecule has 2 aliphatic rings. The zero-order chi connectivity index (χ0) is 20.7. The fourth-order valence-corrected chi connectivity index (χ4v) is 5.00. The lowest BCUT2D eigenvalue weighted by Gasteiger charge is -2.44. The summed E-state index contributed by atoms with van der Waals surface area (Å²) in [5.41, 5.74) is 4.38. The Morgan fingerprint density at radius 3 is 2.83 bits per heavy atom. The predicted octanol–water partition coefficient (Wildman–Crippen LogP) is 4.50. The standard InChI is InChI=1S/C23H25ClN4O2/c1-30-17-4-2-3-16(14-17)26-22(29)28-11-8-23(9-12-28)21-18(7-10-25-23)19-13-15(24)5-6-20(19)27-21/h2-6,13-14,25,27H,7-12H2,1H3,(H,26,29). The molecule has 3 heterocycles. The summed E-state index contributed by atoms with van der Waals surface area (Å²) >= 11 is 6.25. The Hall–Kier alpha value is -2.70. The highest BCUT2D eigenvalue weighted by Gasteiger charge is 2.42. The predicted molar refractivity (Wildman–Crippen MR) is 120 cm³/mol. The van der Waals surface area contributed by atoms with Crippen LogP contribution in [0.1, 0.15) is 24.1 Å². The Balaban J connectivity index is 1.33. The first-order chi connectivity index (χ1) is 14.6. The lowest BCUT2D eigenvalue weighted by atomic mass is 9.79. The first-order valence-electron chi connectivity index (χ1n) is 10.3. The Kier molecular flexibility index (Phi) is 4.83. The number of nitrogens with zero attached hydrogens (tertiary/aromatic N) is 1. The summed E-state index contributed by atoms with van der Waals surface area (Å²) in [7, 11) is 1.62. The number of anilines is 1. The van der Waals surface area contributed by atoms with Crippen LogP contribution in [0.4, 0.5) is 10.5 Å². The Morgan fingerprint density at radius 1 is 1.20 bits per heavy atom. The van der Waals surface area contributed by atoms with Crippen LogP contribution in [0.15, 0.2) is 42.5 Å². The molecule has 5 rings (SSSR count). The molecule has 3 aromatic rings. The highest BCUT2D eigenvalue weighted by Crippen LogP contribution is 2.40. The number of ether oxygens (including phenoxy) is 1. The van der Waals surface area contributed by atoms with E-state index in [1.807, 2.05) is 35.2 Å². The molecule has 0 unspecified atom stereocenters. The van der Waals surface area contributed by atoms with Gasteiger partial charge in [-0.25, -0.2) is 4.79 Å². The van der Waals surface area contributed by atoms with E-state index in [2.05, 4.69) is 27.8 Å². The van der Waals surface area contributed by atoms with Crippen LogP contribution >= 0.6 is 11.6 Å². The van der Waals surface area contributed by atoms with E-state index >= 15 is 0 Å². The van der Waals surface area contributed by atoms with Crippen molar-refractivity contribution in [3.8, 4) is 5.75 Å². The van der Waals surface area contributed by atoms with Gasteiger partial charge in [-0.15, -0.1) is 0 Å². The van der Waals surface area contributed by atoms with Gasteiger partial charge in [0.25, 0.3) is 0 Å². The molecule has 1 fully saturated rings. The SMILES string of the molecule is COc1cccc(NC(=O)N2CCC3(CC2)NCCc2c3[nH]c3ccc(Cl)cc23)c1. The fourth-order valence-electron chi connectivity index (χ4n) is 4.82. The van der Waals surface area contributed by atoms with E-state index in [0.717, 1.165) is 47.8 Å². The number of aromatic amines is 1. The fraction of sp³-hybridized carbons (Fsp3) is 0.348. The number of piperidine rings is 1. The van der Waals surface area contributed by atoms with Crippen LogP contribution in [0.25, 0.3) is 10.9 Å². The van der Waals surface area contributed by atoms with E-state index in [0.29, 0.717) is 13.1 Å². The van der Waals surface area contributed by atoms with E-state index < -0.39 is 0 Å². The third-order valence-electron chi connectivity index (χ3n) is 6.41. The topological polar surface area (TPSA) is 69.4 Å². The maximum Gasteiger partial charge on any atom is 0.321 e. The summed E-state index contributed by atoms with van der Waals surface area (Å²) in [5, 5.41) is 8.72. The molecule has 1 saturated heterocycles. The van der Waals surface area contributed by atoms with Crippen molar-refractivity contribution >= 4 is 34.2 Å². The monoisotopic (exact) mass is 424 g/mol. The van der Waals surface area contributed by atoms with Gasteiger partial charge in [0.05, 0.1) is 12.6 Å². The molecule has 0 saturated carbocycles. The van der Waals surface area contributed by atoms with Gasteiger partial charge in [-0.3, -0.25) is 0 Å². The second kappa shape index (κ2) is 7.52. The molecule has 30 heavy (non-hydrogen) atoms. The molecule has 7 heteroatoms. The van der Waals surface area contributed by atoms with Crippen LogP contribution in [0.5, 0.6) is 5.75 Å². The molecule has 1 aromatic heterocycles. The molecule has 6 nitrogen and oxygen atoms in total. The van der Waals surface area contributed by atoms with E-state index in [4.69, 9.17) is 16.3 Å². The molecular formula is C23H25ClN4O2. The number of H-pyrrole nitrogens is 1. The minimum Gasteiger partial charge on any atom is -0.497 e. The van der Waals surface area contributed by atoms with Gasteiger partial charge in [0.2, 0.25) is 0 Å². The summed E-state index contributed by atoms with van der Waals surface area (Å²) in [6.07, 6.45) is 2.72. The van der Waals surface area contributed by atoms with Gasteiger partial charge in [0.1, 0.15) is 5.75 Å². The first kappa shape index (κ1) is 19.3. The van der Waals surface area contributed by atoms with Crippen molar-refractivity contribution in [3.05, 3.63) is 58.7 Å². The minimum absolute atomic E-state index is 0.0717. The molecule has 0 aliphatic carbocycles. The molecule has 2 amide bonds. The minimum atomic E-state index is -0.119. The summed E-state index contributed by atoms with van der Waals surface area (Å²) in [4.78, 5) is 18.3. The number of hydrogen-bond donors (Lipinski definition) is 3. The summed E-state index contributed by atoms with van der Waals surface area (Å²) in [5.74, 6) is 0.725. The van der Waals surface area contributed by atoms with E-state index in [-0.39, 0.29) is 11.6 Å². The zero-order valence-corrected chi connectivity index (χ0v) is 17.7. The maximum absolute atomic E-state index is 12.8. The number of hydrogen-bond acceptors (Lipinski definition) is 3. The van der Waals surface area contributed by atoms with Crippen LogP contribution in [-0.2, 0) is 12.0 Å². The van der Waals surface area contributed by atoms with E-state index in [1.54, 1.807) is 7.11 Å². The quantitative estimate of drug-likeness (QED) is 0.567. The van der Waals surface area contributed by atoms with Crippen LogP contribution in [0.3, 0.4) is 0 Å². The van der Waals surface area contributed by atoms with Gasteiger partial charge in [0.15, 0.2) is 0 Å². The van der Waals surface area contributed by atoms with Gasteiger partial charge in [-0.1, -0.05) is 17.7 Å². The molecule has 2 aliphatic heterocycles. The molecular weight excluding hydrogens is 400 g/mol. The number of rotatable bonds is 2. The van der Waals surface area contributed by atoms with Crippen molar-refractivity contribution in [1.29, 1.82) is 0 Å². The average molecular weight is 425 g/mol. The van der Waals surface area contributed by atoms with Crippen LogP contribution in [0.2, 0.25) is 5.02 Å². The third kappa shape index (κ3) is 3.30. The Morgan fingerprint density at radius 2 is 2.03 bits per heavy atom. The summed E-state index contributed by atoms with van der Waals surface area (Å²) in [6, 6.07) is 13.4. The lowest BCUT2D eigenvalue weighted by Crippen LogP contribution is -2.55. The Labute approximate surface area is 180 Å². The van der Waals surface area contributed by atoms with Gasteiger partial charge in [-0.2, -0.15) is 0 Å². The number of fused-ring (bicyclic) bond motifs is 4. The largest absolute Gasteiger partial charge is 0.497 e. The van der Waals surface area contributed by atoms with Gasteiger partial charge < -0.3 is 25.3 Å². The maximum atomic E-state index is 12.8. The molecule has 3 N–H and O–H groups in total. The normalized spacial score (nSPS) is 17.7. The second-order valence-corrected chi connectivity index (χ2v) is 8.51. The van der Waals surface area contributed by atoms with E-state index in [1.165, 1.54) is 16.6 Å². The highest BCUT2D eigenvalue weighted by atomic mass is 35.5. The number of likely N-dealkylation sites (tertiary alicyclic amines) is 1. The van der Waals surface area contributed by atoms with Gasteiger partial charge in [-0.05, 0) is 55.2 Å². The number of aromatic nitrogens is 1. The number of methoxy groups -OCH3 is 1. The van der Waals surface area contributed by atoms with Crippen molar-refractivity contribution in [2.45, 2.75) is 24.8 Å². The zero-order valence-electron chi connectivity index (χ0n) is 16.9. The second-order valence-electron chi connectivity index (χ2n) is 8.08. The molecule has 0 bridgehead atoms. The van der Waals surface area contributed by atoms with Crippen LogP contribution < -0.4 is 15.4 Å². The molecule has 0 atom stereocenters. The van der Waals surface area contributed by atoms with Crippen molar-refractivity contribution in [3.63, 3.8) is 0 Å². The van der Waals surface area contributed by atoms with Gasteiger partial charge >= 0.3 is 6.03 Å².